The molecule has 7 aromatic rings. The molecular formula is C31H27N5. The Morgan fingerprint density at radius 3 is 2.14 bits per heavy atom. The lowest BCUT2D eigenvalue weighted by atomic mass is 9.96. The molecule has 0 fully saturated rings. The maximum Gasteiger partial charge on any atom is 0.109 e. The lowest BCUT2D eigenvalue weighted by Crippen LogP contribution is -1.88. The lowest BCUT2D eigenvalue weighted by molar-refractivity contribution is 0.799. The molecule has 0 aliphatic rings. The fraction of sp³-hybridized carbons (Fsp3) is 0.194. The summed E-state index contributed by atoms with van der Waals surface area (Å²) in [5, 5.41) is 5.74. The van der Waals surface area contributed by atoms with Crippen molar-refractivity contribution in [3.63, 3.8) is 0 Å². The third-order valence-electron chi connectivity index (χ3n) is 7.24. The summed E-state index contributed by atoms with van der Waals surface area (Å²) in [6, 6.07) is 21.8. The predicted octanol–water partition coefficient (Wildman–Crippen LogP) is 8.21. The van der Waals surface area contributed by atoms with E-state index in [9.17, 15) is 0 Å². The number of aromatic amines is 2. The highest BCUT2D eigenvalue weighted by Gasteiger charge is 2.16. The Labute approximate surface area is 208 Å². The Morgan fingerprint density at radius 1 is 0.611 bits per heavy atom. The number of hydrogen-bond donors (Lipinski definition) is 2. The minimum atomic E-state index is 0.327. The number of imidazole rings is 2. The molecule has 0 spiro atoms. The quantitative estimate of drug-likeness (QED) is 0.256. The van der Waals surface area contributed by atoms with Crippen molar-refractivity contribution in [3.8, 4) is 11.1 Å². The smallest absolute Gasteiger partial charge is 0.109 e. The maximum absolute atomic E-state index is 4.94. The molecule has 5 nitrogen and oxygen atoms in total. The van der Waals surface area contributed by atoms with Crippen molar-refractivity contribution >= 4 is 54.5 Å². The van der Waals surface area contributed by atoms with Crippen LogP contribution in [-0.4, -0.2) is 24.9 Å². The second-order valence-electron chi connectivity index (χ2n) is 10.3. The standard InChI is InChI=1S/C31H27N5/c1-16(2)30-33-25-12-9-20-14-18(7-10-21(20)27(25)34-30)19-8-11-22-24(15-19)26-23(6-5-13-32-26)29-28(22)35-31(36-29)17(3)4/h5-17H,1-4H3,(H,33,34)(H,35,36). The first kappa shape index (κ1) is 21.1. The molecule has 0 atom stereocenters. The van der Waals surface area contributed by atoms with Crippen molar-refractivity contribution in [2.24, 2.45) is 0 Å². The molecule has 2 N–H and O–H groups in total. The van der Waals surface area contributed by atoms with Crippen LogP contribution in [0.1, 0.15) is 51.2 Å². The fourth-order valence-electron chi connectivity index (χ4n) is 5.28. The lowest BCUT2D eigenvalue weighted by Gasteiger charge is -2.09. The number of benzene rings is 4. The Bertz CT molecular complexity index is 1960. The highest BCUT2D eigenvalue weighted by molar-refractivity contribution is 6.22. The average molecular weight is 470 g/mol. The van der Waals surface area contributed by atoms with E-state index in [0.717, 1.165) is 55.4 Å². The maximum atomic E-state index is 4.94. The fourth-order valence-corrected chi connectivity index (χ4v) is 5.28. The monoisotopic (exact) mass is 469 g/mol. The van der Waals surface area contributed by atoms with Crippen LogP contribution in [0.3, 0.4) is 0 Å². The van der Waals surface area contributed by atoms with Crippen molar-refractivity contribution in [2.45, 2.75) is 39.5 Å². The number of fused-ring (bicyclic) bond motifs is 9. The molecule has 36 heavy (non-hydrogen) atoms. The van der Waals surface area contributed by atoms with Crippen LogP contribution >= 0.6 is 0 Å². The second-order valence-corrected chi connectivity index (χ2v) is 10.3. The third-order valence-corrected chi connectivity index (χ3v) is 7.24. The van der Waals surface area contributed by atoms with Crippen LogP contribution in [0.5, 0.6) is 0 Å². The van der Waals surface area contributed by atoms with Crippen molar-refractivity contribution in [3.05, 3.63) is 78.5 Å². The summed E-state index contributed by atoms with van der Waals surface area (Å²) in [7, 11) is 0. The SMILES string of the molecule is CC(C)c1nc2c(ccc3cc(-c4ccc5c(c4)c4ncccc4c4nc(C(C)C)[nH]c54)ccc32)[nH]1. The topological polar surface area (TPSA) is 70.2 Å². The molecular weight excluding hydrogens is 442 g/mol. The molecule has 0 bridgehead atoms. The Morgan fingerprint density at radius 2 is 1.33 bits per heavy atom. The van der Waals surface area contributed by atoms with Gasteiger partial charge in [0.15, 0.2) is 0 Å². The van der Waals surface area contributed by atoms with Crippen LogP contribution in [0.4, 0.5) is 0 Å². The van der Waals surface area contributed by atoms with Gasteiger partial charge in [0.05, 0.1) is 27.6 Å². The first-order chi connectivity index (χ1) is 17.5. The summed E-state index contributed by atoms with van der Waals surface area (Å²) in [5.41, 5.74) is 7.55. The van der Waals surface area contributed by atoms with E-state index in [-0.39, 0.29) is 0 Å². The molecule has 176 valence electrons. The Kier molecular flexibility index (Phi) is 4.46. The zero-order chi connectivity index (χ0) is 24.6. The van der Waals surface area contributed by atoms with Gasteiger partial charge in [-0.25, -0.2) is 9.97 Å². The summed E-state index contributed by atoms with van der Waals surface area (Å²) in [6.45, 7) is 8.66. The van der Waals surface area contributed by atoms with E-state index >= 15 is 0 Å². The van der Waals surface area contributed by atoms with Gasteiger partial charge in [-0.15, -0.1) is 0 Å². The molecule has 3 aromatic heterocycles. The van der Waals surface area contributed by atoms with E-state index in [2.05, 4.69) is 92.3 Å². The van der Waals surface area contributed by atoms with Crippen LogP contribution in [0, 0.1) is 0 Å². The number of aromatic nitrogens is 5. The van der Waals surface area contributed by atoms with Crippen LogP contribution in [0.2, 0.25) is 0 Å². The van der Waals surface area contributed by atoms with Gasteiger partial charge < -0.3 is 9.97 Å². The van der Waals surface area contributed by atoms with Gasteiger partial charge in [-0.3, -0.25) is 4.98 Å². The largest absolute Gasteiger partial charge is 0.342 e. The number of rotatable bonds is 3. The van der Waals surface area contributed by atoms with Crippen molar-refractivity contribution in [2.75, 3.05) is 0 Å². The summed E-state index contributed by atoms with van der Waals surface area (Å²) < 4.78 is 0. The van der Waals surface area contributed by atoms with Gasteiger partial charge in [0.25, 0.3) is 0 Å². The molecule has 3 heterocycles. The first-order valence-corrected chi connectivity index (χ1v) is 12.6. The van der Waals surface area contributed by atoms with Gasteiger partial charge in [-0.05, 0) is 46.8 Å². The predicted molar refractivity (Wildman–Crippen MR) is 150 cm³/mol. The average Bonchev–Trinajstić information content (AvgIpc) is 3.54. The van der Waals surface area contributed by atoms with Gasteiger partial charge in [-0.2, -0.15) is 0 Å². The summed E-state index contributed by atoms with van der Waals surface area (Å²) in [4.78, 5) is 21.7. The van der Waals surface area contributed by atoms with E-state index in [0.29, 0.717) is 11.8 Å². The first-order valence-electron chi connectivity index (χ1n) is 12.6. The number of hydrogen-bond acceptors (Lipinski definition) is 3. The van der Waals surface area contributed by atoms with Crippen LogP contribution in [0.15, 0.2) is 66.9 Å². The Hall–Kier alpha value is -4.25. The molecule has 0 aliphatic heterocycles. The van der Waals surface area contributed by atoms with Gasteiger partial charge in [-0.1, -0.05) is 58.0 Å². The van der Waals surface area contributed by atoms with E-state index < -0.39 is 0 Å². The third kappa shape index (κ3) is 3.05. The van der Waals surface area contributed by atoms with E-state index in [1.165, 1.54) is 21.9 Å². The molecule has 0 amide bonds. The molecule has 0 saturated heterocycles. The summed E-state index contributed by atoms with van der Waals surface area (Å²) in [6.07, 6.45) is 1.87. The molecule has 0 unspecified atom stereocenters. The molecule has 4 aromatic carbocycles. The van der Waals surface area contributed by atoms with Crippen molar-refractivity contribution in [1.29, 1.82) is 0 Å². The van der Waals surface area contributed by atoms with Crippen LogP contribution in [0.25, 0.3) is 65.6 Å². The zero-order valence-corrected chi connectivity index (χ0v) is 20.8. The van der Waals surface area contributed by atoms with E-state index in [1.807, 2.05) is 12.3 Å². The minimum Gasteiger partial charge on any atom is -0.342 e. The van der Waals surface area contributed by atoms with Gasteiger partial charge >= 0.3 is 0 Å². The summed E-state index contributed by atoms with van der Waals surface area (Å²) >= 11 is 0. The highest BCUT2D eigenvalue weighted by Crippen LogP contribution is 2.37. The van der Waals surface area contributed by atoms with Crippen molar-refractivity contribution < 1.29 is 0 Å². The van der Waals surface area contributed by atoms with Crippen LogP contribution < -0.4 is 0 Å². The molecule has 7 rings (SSSR count). The van der Waals surface area contributed by atoms with E-state index in [1.54, 1.807) is 0 Å². The van der Waals surface area contributed by atoms with E-state index in [4.69, 9.17) is 15.0 Å². The second kappa shape index (κ2) is 7.62. The van der Waals surface area contributed by atoms with Gasteiger partial charge in [0.2, 0.25) is 0 Å². The number of nitrogens with zero attached hydrogens (tertiary/aromatic N) is 3. The molecule has 0 aliphatic carbocycles. The van der Waals surface area contributed by atoms with Crippen LogP contribution in [-0.2, 0) is 0 Å². The zero-order valence-electron chi connectivity index (χ0n) is 20.8. The minimum absolute atomic E-state index is 0.327. The summed E-state index contributed by atoms with van der Waals surface area (Å²) in [5.74, 6) is 2.73. The van der Waals surface area contributed by atoms with Gasteiger partial charge in [0, 0.05) is 39.6 Å². The molecule has 5 heteroatoms. The number of H-pyrrole nitrogens is 2. The van der Waals surface area contributed by atoms with Crippen molar-refractivity contribution in [1.82, 2.24) is 24.9 Å². The number of nitrogens with one attached hydrogen (secondary N) is 2. The molecule has 0 radical (unpaired) electrons. The highest BCUT2D eigenvalue weighted by atomic mass is 14.9. The molecule has 0 saturated carbocycles. The number of pyridine rings is 1. The normalized spacial score (nSPS) is 12.4. The Balaban J connectivity index is 1.45. The van der Waals surface area contributed by atoms with Gasteiger partial charge in [0.1, 0.15) is 11.6 Å².